The zero-order valence-corrected chi connectivity index (χ0v) is 25.9. The molecule has 0 fully saturated rings. The minimum atomic E-state index is -1.34. The SMILES string of the molecule is COC(=O)[C@H](CC(=O)OC(C)(C)C)NC(=O)CNC(=O)[C@H](CCCNC(=O)OCc1ccccc1)NC(=O)OC(C)(C)C. The molecular weight excluding hydrogens is 564 g/mol. The van der Waals surface area contributed by atoms with Crippen LogP contribution in [-0.2, 0) is 44.7 Å². The van der Waals surface area contributed by atoms with Crippen LogP contribution in [0.2, 0.25) is 0 Å². The second kappa shape index (κ2) is 17.6. The van der Waals surface area contributed by atoms with E-state index in [1.807, 2.05) is 30.3 Å². The van der Waals surface area contributed by atoms with Gasteiger partial charge in [-0.1, -0.05) is 30.3 Å². The number of rotatable bonds is 14. The average molecular weight is 609 g/mol. The van der Waals surface area contributed by atoms with E-state index in [9.17, 15) is 28.8 Å². The van der Waals surface area contributed by atoms with Crippen LogP contribution in [0.15, 0.2) is 30.3 Å². The van der Waals surface area contributed by atoms with Gasteiger partial charge in [-0.05, 0) is 59.9 Å². The first-order valence-corrected chi connectivity index (χ1v) is 13.8. The molecule has 1 aromatic carbocycles. The highest BCUT2D eigenvalue weighted by molar-refractivity contribution is 5.92. The predicted octanol–water partition coefficient (Wildman–Crippen LogP) is 2.09. The fourth-order valence-corrected chi connectivity index (χ4v) is 3.41. The Morgan fingerprint density at radius 1 is 0.791 bits per heavy atom. The van der Waals surface area contributed by atoms with Crippen molar-refractivity contribution in [2.45, 2.75) is 90.7 Å². The van der Waals surface area contributed by atoms with Crippen LogP contribution in [0.1, 0.15) is 66.4 Å². The Balaban J connectivity index is 2.70. The molecule has 0 aromatic heterocycles. The number of nitrogens with one attached hydrogen (secondary N) is 4. The van der Waals surface area contributed by atoms with Crippen LogP contribution >= 0.6 is 0 Å². The van der Waals surface area contributed by atoms with E-state index in [2.05, 4.69) is 26.0 Å². The van der Waals surface area contributed by atoms with Crippen molar-refractivity contribution in [1.29, 1.82) is 0 Å². The molecule has 0 bridgehead atoms. The van der Waals surface area contributed by atoms with Crippen LogP contribution in [-0.4, -0.2) is 79.4 Å². The van der Waals surface area contributed by atoms with Gasteiger partial charge in [-0.25, -0.2) is 14.4 Å². The molecule has 4 amide bonds. The van der Waals surface area contributed by atoms with Crippen molar-refractivity contribution >= 4 is 35.9 Å². The highest BCUT2D eigenvalue weighted by Gasteiger charge is 2.29. The number of hydrogen-bond acceptors (Lipinski definition) is 10. The summed E-state index contributed by atoms with van der Waals surface area (Å²) in [4.78, 5) is 74.0. The van der Waals surface area contributed by atoms with Crippen molar-refractivity contribution in [3.63, 3.8) is 0 Å². The molecule has 2 atom stereocenters. The van der Waals surface area contributed by atoms with E-state index in [-0.39, 0.29) is 26.0 Å². The van der Waals surface area contributed by atoms with E-state index in [0.29, 0.717) is 0 Å². The summed E-state index contributed by atoms with van der Waals surface area (Å²) >= 11 is 0. The molecule has 0 aliphatic heterocycles. The van der Waals surface area contributed by atoms with Gasteiger partial charge in [0.15, 0.2) is 0 Å². The molecule has 0 saturated heterocycles. The Bertz CT molecular complexity index is 1100. The maximum absolute atomic E-state index is 12.9. The third-order valence-corrected chi connectivity index (χ3v) is 5.19. The zero-order chi connectivity index (χ0) is 32.6. The number of alkyl carbamates (subject to hydrolysis) is 2. The lowest BCUT2D eigenvalue weighted by Crippen LogP contribution is -2.52. The molecule has 14 heteroatoms. The van der Waals surface area contributed by atoms with Crippen LogP contribution in [0, 0.1) is 0 Å². The summed E-state index contributed by atoms with van der Waals surface area (Å²) in [6, 6.07) is 6.66. The molecule has 0 heterocycles. The van der Waals surface area contributed by atoms with Gasteiger partial charge < -0.3 is 40.2 Å². The fraction of sp³-hybridized carbons (Fsp3) is 0.586. The van der Waals surface area contributed by atoms with Gasteiger partial charge >= 0.3 is 24.1 Å². The van der Waals surface area contributed by atoms with E-state index in [1.54, 1.807) is 41.5 Å². The van der Waals surface area contributed by atoms with E-state index in [4.69, 9.17) is 14.2 Å². The molecule has 43 heavy (non-hydrogen) atoms. The van der Waals surface area contributed by atoms with E-state index in [1.165, 1.54) is 0 Å². The molecular formula is C29H44N4O10. The number of amides is 4. The summed E-state index contributed by atoms with van der Waals surface area (Å²) < 4.78 is 20.2. The molecule has 1 rings (SSSR count). The Hall–Kier alpha value is -4.36. The first-order chi connectivity index (χ1) is 20.0. The summed E-state index contributed by atoms with van der Waals surface area (Å²) in [6.07, 6.45) is -1.63. The highest BCUT2D eigenvalue weighted by Crippen LogP contribution is 2.10. The van der Waals surface area contributed by atoms with Gasteiger partial charge in [-0.2, -0.15) is 0 Å². The van der Waals surface area contributed by atoms with Crippen LogP contribution in [0.5, 0.6) is 0 Å². The van der Waals surface area contributed by atoms with Crippen LogP contribution in [0.4, 0.5) is 9.59 Å². The molecule has 0 spiro atoms. The minimum Gasteiger partial charge on any atom is -0.467 e. The second-order valence-electron chi connectivity index (χ2n) is 11.5. The summed E-state index contributed by atoms with van der Waals surface area (Å²) in [5, 5.41) is 9.77. The Morgan fingerprint density at radius 2 is 1.42 bits per heavy atom. The lowest BCUT2D eigenvalue weighted by Gasteiger charge is -2.23. The second-order valence-corrected chi connectivity index (χ2v) is 11.5. The first-order valence-electron chi connectivity index (χ1n) is 13.8. The number of esters is 2. The zero-order valence-electron chi connectivity index (χ0n) is 25.9. The van der Waals surface area contributed by atoms with E-state index in [0.717, 1.165) is 12.7 Å². The van der Waals surface area contributed by atoms with Crippen molar-refractivity contribution in [2.24, 2.45) is 0 Å². The van der Waals surface area contributed by atoms with Crippen molar-refractivity contribution in [3.8, 4) is 0 Å². The number of ether oxygens (including phenoxy) is 4. The summed E-state index contributed by atoms with van der Waals surface area (Å²) in [6.45, 7) is 9.60. The van der Waals surface area contributed by atoms with Crippen molar-refractivity contribution in [1.82, 2.24) is 21.3 Å². The summed E-state index contributed by atoms with van der Waals surface area (Å²) in [7, 11) is 1.10. The van der Waals surface area contributed by atoms with Crippen LogP contribution < -0.4 is 21.3 Å². The molecule has 0 unspecified atom stereocenters. The largest absolute Gasteiger partial charge is 0.467 e. The van der Waals surface area contributed by atoms with Crippen LogP contribution in [0.3, 0.4) is 0 Å². The van der Waals surface area contributed by atoms with Gasteiger partial charge in [0.2, 0.25) is 11.8 Å². The smallest absolute Gasteiger partial charge is 0.408 e. The van der Waals surface area contributed by atoms with Crippen molar-refractivity contribution < 1.29 is 47.7 Å². The topological polar surface area (TPSA) is 187 Å². The summed E-state index contributed by atoms with van der Waals surface area (Å²) in [5.74, 6) is -3.10. The van der Waals surface area contributed by atoms with Gasteiger partial charge in [0, 0.05) is 6.54 Å². The molecule has 4 N–H and O–H groups in total. The number of benzene rings is 1. The Kier molecular flexibility index (Phi) is 15.0. The Labute approximate surface area is 251 Å². The molecule has 1 aromatic rings. The summed E-state index contributed by atoms with van der Waals surface area (Å²) in [5.41, 5.74) is -0.807. The number of hydrogen-bond donors (Lipinski definition) is 4. The number of carbonyl (C=O) groups excluding carboxylic acids is 6. The van der Waals surface area contributed by atoms with Crippen molar-refractivity contribution in [2.75, 3.05) is 20.2 Å². The minimum absolute atomic E-state index is 0.0785. The maximum Gasteiger partial charge on any atom is 0.408 e. The normalized spacial score (nSPS) is 12.5. The lowest BCUT2D eigenvalue weighted by molar-refractivity contribution is -0.159. The third kappa shape index (κ3) is 17.3. The number of carbonyl (C=O) groups is 6. The van der Waals surface area contributed by atoms with E-state index < -0.39 is 72.2 Å². The van der Waals surface area contributed by atoms with Gasteiger partial charge in [-0.15, -0.1) is 0 Å². The molecule has 0 radical (unpaired) electrons. The third-order valence-electron chi connectivity index (χ3n) is 5.19. The van der Waals surface area contributed by atoms with Gasteiger partial charge in [0.1, 0.15) is 29.9 Å². The maximum atomic E-state index is 12.9. The van der Waals surface area contributed by atoms with Gasteiger partial charge in [-0.3, -0.25) is 14.4 Å². The number of methoxy groups -OCH3 is 1. The van der Waals surface area contributed by atoms with Gasteiger partial charge in [0.25, 0.3) is 0 Å². The highest BCUT2D eigenvalue weighted by atomic mass is 16.6. The molecule has 14 nitrogen and oxygen atoms in total. The Morgan fingerprint density at radius 3 is 2.00 bits per heavy atom. The van der Waals surface area contributed by atoms with Gasteiger partial charge in [0.05, 0.1) is 20.1 Å². The first kappa shape index (κ1) is 36.7. The van der Waals surface area contributed by atoms with Crippen LogP contribution in [0.25, 0.3) is 0 Å². The molecule has 240 valence electrons. The molecule has 0 aliphatic rings. The lowest BCUT2D eigenvalue weighted by atomic mass is 10.1. The van der Waals surface area contributed by atoms with Crippen molar-refractivity contribution in [3.05, 3.63) is 35.9 Å². The monoisotopic (exact) mass is 608 g/mol. The quantitative estimate of drug-likeness (QED) is 0.138. The molecule has 0 aliphatic carbocycles. The standard InChI is InChI=1S/C29H44N4O10/c1-28(2,3)42-23(35)16-21(25(37)40-7)32-22(34)17-31-24(36)20(33-27(39)43-29(4,5)6)14-11-15-30-26(38)41-18-19-12-9-8-10-13-19/h8-10,12-13,20-21H,11,14-18H2,1-7H3,(H,30,38)(H,31,36)(H,32,34)(H,33,39)/t20-,21-/m0/s1. The predicted molar refractivity (Wildman–Crippen MR) is 154 cm³/mol. The average Bonchev–Trinajstić information content (AvgIpc) is 2.89. The fourth-order valence-electron chi connectivity index (χ4n) is 3.41. The van der Waals surface area contributed by atoms with E-state index >= 15 is 0 Å². The molecule has 0 saturated carbocycles.